The monoisotopic (exact) mass is 393 g/mol. The van der Waals surface area contributed by atoms with E-state index in [2.05, 4.69) is 10.4 Å². The fraction of sp³-hybridized carbons (Fsp3) is 0.227. The first kappa shape index (κ1) is 20.1. The summed E-state index contributed by atoms with van der Waals surface area (Å²) in [5, 5.41) is 7.38. The highest BCUT2D eigenvalue weighted by Crippen LogP contribution is 2.26. The number of carbonyl (C=O) groups excluding carboxylic acids is 2. The summed E-state index contributed by atoms with van der Waals surface area (Å²) in [4.78, 5) is 24.0. The maximum Gasteiger partial charge on any atom is 0.418 e. The molecule has 0 saturated carbocycles. The maximum atomic E-state index is 12.4. The zero-order valence-corrected chi connectivity index (χ0v) is 16.8. The second-order valence-corrected chi connectivity index (χ2v) is 7.44. The highest BCUT2D eigenvalue weighted by Gasteiger charge is 2.22. The molecule has 0 aliphatic carbocycles. The highest BCUT2D eigenvalue weighted by molar-refractivity contribution is 5.89. The number of nitrogens with one attached hydrogen (secondary N) is 1. The third-order valence-electron chi connectivity index (χ3n) is 4.19. The molecule has 0 spiro atoms. The van der Waals surface area contributed by atoms with Crippen molar-refractivity contribution in [2.24, 2.45) is 0 Å². The predicted octanol–water partition coefficient (Wildman–Crippen LogP) is 4.57. The molecule has 7 heteroatoms. The third kappa shape index (κ3) is 4.82. The van der Waals surface area contributed by atoms with Crippen molar-refractivity contribution in [1.82, 2.24) is 9.78 Å². The Balaban J connectivity index is 1.90. The lowest BCUT2D eigenvalue weighted by molar-refractivity contribution is 0.0600. The summed E-state index contributed by atoms with van der Waals surface area (Å²) < 4.78 is 11.7. The summed E-state index contributed by atoms with van der Waals surface area (Å²) in [6.45, 7) is 6.10. The van der Waals surface area contributed by atoms with Gasteiger partial charge in [0.2, 0.25) is 0 Å². The molecule has 0 aliphatic rings. The van der Waals surface area contributed by atoms with Gasteiger partial charge in [0.25, 0.3) is 0 Å². The molecule has 0 atom stereocenters. The van der Waals surface area contributed by atoms with Crippen LogP contribution in [-0.4, -0.2) is 29.0 Å². The maximum absolute atomic E-state index is 12.4. The molecule has 0 unspecified atom stereocenters. The summed E-state index contributed by atoms with van der Waals surface area (Å²) in [6.07, 6.45) is -0.621. The van der Waals surface area contributed by atoms with E-state index in [9.17, 15) is 9.59 Å². The molecule has 3 rings (SSSR count). The second-order valence-electron chi connectivity index (χ2n) is 7.44. The van der Waals surface area contributed by atoms with Gasteiger partial charge >= 0.3 is 12.1 Å². The molecule has 1 aromatic heterocycles. The van der Waals surface area contributed by atoms with E-state index < -0.39 is 12.1 Å². The largest absolute Gasteiger partial charge is 0.465 e. The first-order chi connectivity index (χ1) is 13.8. The molecule has 7 nitrogen and oxygen atoms in total. The molecule has 0 saturated heterocycles. The van der Waals surface area contributed by atoms with Crippen LogP contribution in [0.4, 0.5) is 10.6 Å². The number of esters is 1. The Bertz CT molecular complexity index is 1000. The fourth-order valence-corrected chi connectivity index (χ4v) is 2.62. The van der Waals surface area contributed by atoms with Crippen molar-refractivity contribution in [1.29, 1.82) is 0 Å². The number of carbonyl (C=O) groups is 2. The summed E-state index contributed by atoms with van der Waals surface area (Å²) in [5.74, 6) is 0.480. The predicted molar refractivity (Wildman–Crippen MR) is 110 cm³/mol. The Morgan fingerprint density at radius 2 is 1.66 bits per heavy atom. The molecule has 0 radical (unpaired) electrons. The molecule has 2 aromatic carbocycles. The van der Waals surface area contributed by atoms with Gasteiger partial charge in [-0.2, -0.15) is 5.10 Å². The first-order valence-corrected chi connectivity index (χ1v) is 9.11. The zero-order valence-electron chi connectivity index (χ0n) is 16.8. The number of para-hydroxylation sites is 1. The van der Waals surface area contributed by atoms with Crippen LogP contribution >= 0.6 is 0 Å². The van der Waals surface area contributed by atoms with Crippen LogP contribution in [0, 0.1) is 0 Å². The van der Waals surface area contributed by atoms with Crippen molar-refractivity contribution in [2.45, 2.75) is 26.2 Å². The third-order valence-corrected chi connectivity index (χ3v) is 4.19. The smallest absolute Gasteiger partial charge is 0.418 e. The number of benzene rings is 2. The Morgan fingerprint density at radius 1 is 1.00 bits per heavy atom. The van der Waals surface area contributed by atoms with Gasteiger partial charge in [-0.1, -0.05) is 39.0 Å². The summed E-state index contributed by atoms with van der Waals surface area (Å²) in [6, 6.07) is 17.4. The average molecular weight is 393 g/mol. The number of ether oxygens (including phenoxy) is 2. The van der Waals surface area contributed by atoms with Crippen molar-refractivity contribution >= 4 is 17.9 Å². The molecule has 0 fully saturated rings. The van der Waals surface area contributed by atoms with Gasteiger partial charge in [0.15, 0.2) is 0 Å². The molecule has 0 bridgehead atoms. The Kier molecular flexibility index (Phi) is 5.68. The molecular formula is C22H23N3O4. The van der Waals surface area contributed by atoms with Crippen molar-refractivity contribution < 1.29 is 19.1 Å². The Labute approximate surface area is 169 Å². The minimum absolute atomic E-state index is 0.225. The van der Waals surface area contributed by atoms with Crippen LogP contribution in [0.25, 0.3) is 5.69 Å². The van der Waals surface area contributed by atoms with Crippen LogP contribution in [-0.2, 0) is 10.2 Å². The van der Waals surface area contributed by atoms with E-state index in [0.29, 0.717) is 22.8 Å². The standard InChI is InChI=1S/C22H23N3O4/c1-22(2,3)18-14-19(23-21(27)29-17-8-6-5-7-9-17)25(24-18)16-12-10-15(11-13-16)20(26)28-4/h5-14H,1-4H3,(H,23,27). The van der Waals surface area contributed by atoms with Crippen LogP contribution < -0.4 is 10.1 Å². The Hall–Kier alpha value is -3.61. The van der Waals surface area contributed by atoms with Crippen LogP contribution in [0.3, 0.4) is 0 Å². The summed E-state index contributed by atoms with van der Waals surface area (Å²) in [7, 11) is 1.33. The van der Waals surface area contributed by atoms with E-state index in [4.69, 9.17) is 9.47 Å². The van der Waals surface area contributed by atoms with Crippen LogP contribution in [0.1, 0.15) is 36.8 Å². The molecule has 1 heterocycles. The summed E-state index contributed by atoms with van der Waals surface area (Å²) in [5.41, 5.74) is 1.68. The molecule has 1 N–H and O–H groups in total. The number of rotatable bonds is 4. The van der Waals surface area contributed by atoms with Crippen molar-refractivity contribution in [3.8, 4) is 11.4 Å². The lowest BCUT2D eigenvalue weighted by atomic mass is 9.92. The lowest BCUT2D eigenvalue weighted by Gasteiger charge is -2.14. The number of nitrogens with zero attached hydrogens (tertiary/aromatic N) is 2. The van der Waals surface area contributed by atoms with Crippen LogP contribution in [0.5, 0.6) is 5.75 Å². The number of methoxy groups -OCH3 is 1. The van der Waals surface area contributed by atoms with Gasteiger partial charge < -0.3 is 9.47 Å². The van der Waals surface area contributed by atoms with Crippen molar-refractivity contribution in [3.05, 3.63) is 71.9 Å². The van der Waals surface area contributed by atoms with Crippen molar-refractivity contribution in [2.75, 3.05) is 12.4 Å². The average Bonchev–Trinajstić information content (AvgIpc) is 3.12. The van der Waals surface area contributed by atoms with Gasteiger partial charge in [0, 0.05) is 11.5 Å². The van der Waals surface area contributed by atoms with Gasteiger partial charge in [-0.3, -0.25) is 5.32 Å². The SMILES string of the molecule is COC(=O)c1ccc(-n2nc(C(C)(C)C)cc2NC(=O)Oc2ccccc2)cc1. The first-order valence-electron chi connectivity index (χ1n) is 9.11. The van der Waals surface area contributed by atoms with Gasteiger partial charge in [0.1, 0.15) is 11.6 Å². The number of amides is 1. The molecule has 3 aromatic rings. The Morgan fingerprint density at radius 3 is 2.24 bits per heavy atom. The topological polar surface area (TPSA) is 82.5 Å². The number of hydrogen-bond acceptors (Lipinski definition) is 5. The van der Waals surface area contributed by atoms with Crippen molar-refractivity contribution in [3.63, 3.8) is 0 Å². The number of anilines is 1. The van der Waals surface area contributed by atoms with E-state index in [1.807, 2.05) is 26.8 Å². The molecule has 0 aliphatic heterocycles. The van der Waals surface area contributed by atoms with Crippen LogP contribution in [0.2, 0.25) is 0 Å². The van der Waals surface area contributed by atoms with Crippen LogP contribution in [0.15, 0.2) is 60.7 Å². The summed E-state index contributed by atoms with van der Waals surface area (Å²) >= 11 is 0. The van der Waals surface area contributed by atoms with E-state index in [1.54, 1.807) is 59.3 Å². The van der Waals surface area contributed by atoms with E-state index >= 15 is 0 Å². The normalized spacial score (nSPS) is 11.0. The number of aromatic nitrogens is 2. The minimum atomic E-state index is -0.621. The van der Waals surface area contributed by atoms with Gasteiger partial charge in [-0.15, -0.1) is 0 Å². The quantitative estimate of drug-likeness (QED) is 0.657. The van der Waals surface area contributed by atoms with Gasteiger partial charge in [-0.25, -0.2) is 14.3 Å². The molecule has 1 amide bonds. The van der Waals surface area contributed by atoms with Gasteiger partial charge in [0.05, 0.1) is 24.1 Å². The highest BCUT2D eigenvalue weighted by atomic mass is 16.6. The fourth-order valence-electron chi connectivity index (χ4n) is 2.62. The molecule has 29 heavy (non-hydrogen) atoms. The lowest BCUT2D eigenvalue weighted by Crippen LogP contribution is -2.19. The minimum Gasteiger partial charge on any atom is -0.465 e. The van der Waals surface area contributed by atoms with Gasteiger partial charge in [-0.05, 0) is 36.4 Å². The second kappa shape index (κ2) is 8.18. The zero-order chi connectivity index (χ0) is 21.0. The molecular weight excluding hydrogens is 370 g/mol. The molecule has 150 valence electrons. The van der Waals surface area contributed by atoms with E-state index in [-0.39, 0.29) is 5.41 Å². The van der Waals surface area contributed by atoms with E-state index in [1.165, 1.54) is 7.11 Å². The van der Waals surface area contributed by atoms with E-state index in [0.717, 1.165) is 5.69 Å². The number of hydrogen-bond donors (Lipinski definition) is 1.